The maximum atomic E-state index is 5.77. The molecule has 1 aliphatic heterocycles. The van der Waals surface area contributed by atoms with Crippen molar-refractivity contribution in [1.29, 1.82) is 0 Å². The second-order valence-corrected chi connectivity index (χ2v) is 4.01. The summed E-state index contributed by atoms with van der Waals surface area (Å²) in [6.07, 6.45) is 1.75. The minimum Gasteiger partial charge on any atom is -0.351 e. The molecule has 0 saturated carbocycles. The first-order chi connectivity index (χ1) is 8.45. The van der Waals surface area contributed by atoms with E-state index in [0.29, 0.717) is 0 Å². The lowest BCUT2D eigenvalue weighted by atomic mass is 10.2. The van der Waals surface area contributed by atoms with E-state index in [2.05, 4.69) is 22.0 Å². The third-order valence-corrected chi connectivity index (χ3v) is 2.92. The summed E-state index contributed by atoms with van der Waals surface area (Å²) in [6, 6.07) is 16.2. The smallest absolute Gasteiger partial charge is 0.173 e. The summed E-state index contributed by atoms with van der Waals surface area (Å²) in [5.41, 5.74) is 2.15. The van der Waals surface area contributed by atoms with Crippen molar-refractivity contribution >= 4 is 5.69 Å². The Morgan fingerprint density at radius 2 is 1.88 bits per heavy atom. The quantitative estimate of drug-likeness (QED) is 0.787. The van der Waals surface area contributed by atoms with Gasteiger partial charge in [0.2, 0.25) is 0 Å². The van der Waals surface area contributed by atoms with Gasteiger partial charge in [-0.1, -0.05) is 24.3 Å². The van der Waals surface area contributed by atoms with Crippen LogP contribution in [-0.4, -0.2) is 18.1 Å². The van der Waals surface area contributed by atoms with Crippen LogP contribution in [0, 0.1) is 0 Å². The topological polar surface area (TPSA) is 25.4 Å². The van der Waals surface area contributed by atoms with Gasteiger partial charge in [-0.15, -0.1) is 0 Å². The molecule has 1 aromatic heterocycles. The molecule has 0 bridgehead atoms. The van der Waals surface area contributed by atoms with Crippen molar-refractivity contribution in [3.8, 4) is 0 Å². The van der Waals surface area contributed by atoms with Crippen LogP contribution in [0.1, 0.15) is 11.9 Å². The van der Waals surface area contributed by atoms with Crippen LogP contribution >= 0.6 is 0 Å². The van der Waals surface area contributed by atoms with E-state index in [1.165, 1.54) is 5.69 Å². The van der Waals surface area contributed by atoms with Crippen LogP contribution < -0.4 is 4.90 Å². The van der Waals surface area contributed by atoms with Crippen LogP contribution in [0.2, 0.25) is 0 Å². The molecule has 3 rings (SSSR count). The van der Waals surface area contributed by atoms with Gasteiger partial charge in [-0.2, -0.15) is 0 Å². The highest BCUT2D eigenvalue weighted by Crippen LogP contribution is 2.30. The number of aromatic nitrogens is 1. The normalized spacial score (nSPS) is 19.5. The van der Waals surface area contributed by atoms with Gasteiger partial charge in [-0.3, -0.25) is 4.98 Å². The Morgan fingerprint density at radius 1 is 1.06 bits per heavy atom. The van der Waals surface area contributed by atoms with E-state index < -0.39 is 0 Å². The van der Waals surface area contributed by atoms with Gasteiger partial charge in [0.25, 0.3) is 0 Å². The lowest BCUT2D eigenvalue weighted by Crippen LogP contribution is -2.23. The molecule has 0 aliphatic carbocycles. The van der Waals surface area contributed by atoms with Gasteiger partial charge >= 0.3 is 0 Å². The molecule has 1 aliphatic rings. The van der Waals surface area contributed by atoms with Gasteiger partial charge in [-0.25, -0.2) is 0 Å². The van der Waals surface area contributed by atoms with Crippen molar-refractivity contribution in [1.82, 2.24) is 4.98 Å². The standard InChI is InChI=1S/C14H14N2O/c1-2-6-12(7-3-1)16-10-11-17-14(16)13-8-4-5-9-15-13/h1-9,14H,10-11H2. The Balaban J connectivity index is 1.91. The maximum absolute atomic E-state index is 5.77. The summed E-state index contributed by atoms with van der Waals surface area (Å²) in [5.74, 6) is 0. The average Bonchev–Trinajstić information content (AvgIpc) is 2.90. The van der Waals surface area contributed by atoms with Crippen LogP contribution in [0.15, 0.2) is 54.7 Å². The first-order valence-electron chi connectivity index (χ1n) is 5.79. The predicted molar refractivity (Wildman–Crippen MR) is 66.7 cm³/mol. The zero-order chi connectivity index (χ0) is 11.5. The highest BCUT2D eigenvalue weighted by atomic mass is 16.5. The fourth-order valence-corrected chi connectivity index (χ4v) is 2.12. The summed E-state index contributed by atoms with van der Waals surface area (Å²) in [6.45, 7) is 1.65. The molecule has 3 heteroatoms. The van der Waals surface area contributed by atoms with Crippen LogP contribution in [-0.2, 0) is 4.74 Å². The first kappa shape index (κ1) is 10.3. The highest BCUT2D eigenvalue weighted by Gasteiger charge is 2.27. The number of para-hydroxylation sites is 1. The minimum absolute atomic E-state index is 0.0569. The molecule has 86 valence electrons. The lowest BCUT2D eigenvalue weighted by Gasteiger charge is -2.24. The molecule has 0 radical (unpaired) electrons. The van der Waals surface area contributed by atoms with Crippen LogP contribution in [0.25, 0.3) is 0 Å². The number of hydrogen-bond donors (Lipinski definition) is 0. The third kappa shape index (κ3) is 2.01. The maximum Gasteiger partial charge on any atom is 0.173 e. The first-order valence-corrected chi connectivity index (χ1v) is 5.79. The molecule has 1 atom stereocenters. The van der Waals surface area contributed by atoms with Gasteiger partial charge in [-0.05, 0) is 24.3 Å². The Bertz CT molecular complexity index is 427. The number of nitrogens with zero attached hydrogens (tertiary/aromatic N) is 2. The van der Waals surface area contributed by atoms with E-state index in [1.54, 1.807) is 6.20 Å². The number of ether oxygens (including phenoxy) is 1. The van der Waals surface area contributed by atoms with Gasteiger partial charge in [0.1, 0.15) is 0 Å². The average molecular weight is 226 g/mol. The summed E-state index contributed by atoms with van der Waals surface area (Å²) in [7, 11) is 0. The van der Waals surface area contributed by atoms with Gasteiger partial charge in [0, 0.05) is 18.4 Å². The Labute approximate surface area is 101 Å². The summed E-state index contributed by atoms with van der Waals surface area (Å²) >= 11 is 0. The SMILES string of the molecule is c1ccc(N2CCOC2c2ccccn2)cc1. The van der Waals surface area contributed by atoms with Gasteiger partial charge in [0.05, 0.1) is 12.3 Å². The third-order valence-electron chi connectivity index (χ3n) is 2.92. The summed E-state index contributed by atoms with van der Waals surface area (Å²) in [4.78, 5) is 6.61. The van der Waals surface area contributed by atoms with Crippen LogP contribution in [0.5, 0.6) is 0 Å². The Morgan fingerprint density at radius 3 is 2.65 bits per heavy atom. The fraction of sp³-hybridized carbons (Fsp3) is 0.214. The molecule has 1 aromatic carbocycles. The minimum atomic E-state index is -0.0569. The monoisotopic (exact) mass is 226 g/mol. The molecule has 2 aromatic rings. The van der Waals surface area contributed by atoms with E-state index in [9.17, 15) is 0 Å². The van der Waals surface area contributed by atoms with Crippen molar-refractivity contribution < 1.29 is 4.74 Å². The molecular weight excluding hydrogens is 212 g/mol. The number of pyridine rings is 1. The van der Waals surface area contributed by atoms with Crippen molar-refractivity contribution in [2.75, 3.05) is 18.1 Å². The molecule has 0 N–H and O–H groups in total. The van der Waals surface area contributed by atoms with Crippen molar-refractivity contribution in [3.05, 3.63) is 60.4 Å². The van der Waals surface area contributed by atoms with E-state index >= 15 is 0 Å². The van der Waals surface area contributed by atoms with Crippen LogP contribution in [0.3, 0.4) is 0 Å². The van der Waals surface area contributed by atoms with Crippen molar-refractivity contribution in [2.45, 2.75) is 6.23 Å². The number of benzene rings is 1. The fourth-order valence-electron chi connectivity index (χ4n) is 2.12. The van der Waals surface area contributed by atoms with Gasteiger partial charge < -0.3 is 9.64 Å². The predicted octanol–water partition coefficient (Wildman–Crippen LogP) is 2.62. The van der Waals surface area contributed by atoms with E-state index in [0.717, 1.165) is 18.8 Å². The largest absolute Gasteiger partial charge is 0.351 e. The zero-order valence-corrected chi connectivity index (χ0v) is 9.49. The molecule has 1 saturated heterocycles. The summed E-state index contributed by atoms with van der Waals surface area (Å²) in [5, 5.41) is 0. The van der Waals surface area contributed by atoms with E-state index in [4.69, 9.17) is 4.74 Å². The van der Waals surface area contributed by atoms with E-state index in [1.807, 2.05) is 36.4 Å². The molecule has 0 amide bonds. The van der Waals surface area contributed by atoms with Gasteiger partial charge in [0.15, 0.2) is 6.23 Å². The molecule has 1 fully saturated rings. The molecule has 0 spiro atoms. The number of hydrogen-bond acceptors (Lipinski definition) is 3. The van der Waals surface area contributed by atoms with E-state index in [-0.39, 0.29) is 6.23 Å². The molecule has 1 unspecified atom stereocenters. The zero-order valence-electron chi connectivity index (χ0n) is 9.49. The molecular formula is C14H14N2O. The number of anilines is 1. The number of rotatable bonds is 2. The van der Waals surface area contributed by atoms with Crippen molar-refractivity contribution in [2.24, 2.45) is 0 Å². The second-order valence-electron chi connectivity index (χ2n) is 4.01. The van der Waals surface area contributed by atoms with Crippen molar-refractivity contribution in [3.63, 3.8) is 0 Å². The molecule has 3 nitrogen and oxygen atoms in total. The Hall–Kier alpha value is -1.87. The van der Waals surface area contributed by atoms with Crippen LogP contribution in [0.4, 0.5) is 5.69 Å². The lowest BCUT2D eigenvalue weighted by molar-refractivity contribution is 0.110. The summed E-state index contributed by atoms with van der Waals surface area (Å²) < 4.78 is 5.77. The second kappa shape index (κ2) is 4.55. The highest BCUT2D eigenvalue weighted by molar-refractivity contribution is 5.48. The molecule has 17 heavy (non-hydrogen) atoms. The molecule has 2 heterocycles. The Kier molecular flexibility index (Phi) is 2.76.